The number of aromatic nitrogens is 2. The van der Waals surface area contributed by atoms with Crippen LogP contribution in [0, 0.1) is 0 Å². The van der Waals surface area contributed by atoms with Gasteiger partial charge < -0.3 is 4.74 Å². The van der Waals surface area contributed by atoms with Gasteiger partial charge in [0.05, 0.1) is 24.3 Å². The van der Waals surface area contributed by atoms with Crippen LogP contribution in [0.25, 0.3) is 0 Å². The third kappa shape index (κ3) is 2.68. The van der Waals surface area contributed by atoms with Crippen molar-refractivity contribution in [1.29, 1.82) is 0 Å². The number of rotatable bonds is 3. The molecule has 1 saturated heterocycles. The van der Waals surface area contributed by atoms with Gasteiger partial charge >= 0.3 is 5.69 Å². The number of nitrogens with zero attached hydrogens (tertiary/aromatic N) is 2. The Morgan fingerprint density at radius 3 is 2.63 bits per heavy atom. The minimum absolute atomic E-state index is 0.0353. The Hall–Kier alpha value is -1.69. The minimum atomic E-state index is -0.547. The van der Waals surface area contributed by atoms with Gasteiger partial charge in [-0.15, -0.1) is 0 Å². The highest BCUT2D eigenvalue weighted by Crippen LogP contribution is 2.19. The maximum Gasteiger partial charge on any atom is 0.330 e. The Morgan fingerprint density at radius 2 is 2.11 bits per heavy atom. The molecule has 19 heavy (non-hydrogen) atoms. The van der Waals surface area contributed by atoms with Crippen LogP contribution in [0.5, 0.6) is 0 Å². The van der Waals surface area contributed by atoms with E-state index >= 15 is 0 Å². The molecule has 2 atom stereocenters. The standard InChI is InChI=1S/C13H18N2O4/c1-8-4-5-10(19-8)6-15-7-11(9(2)16)12(17)14(3)13(15)18/h7-8,10H,4-6H2,1-3H3. The van der Waals surface area contributed by atoms with Gasteiger partial charge in [-0.05, 0) is 26.7 Å². The van der Waals surface area contributed by atoms with E-state index in [9.17, 15) is 14.4 Å². The largest absolute Gasteiger partial charge is 0.373 e. The van der Waals surface area contributed by atoms with E-state index < -0.39 is 11.2 Å². The molecule has 1 aromatic rings. The number of carbonyl (C=O) groups is 1. The van der Waals surface area contributed by atoms with Crippen molar-refractivity contribution in [2.24, 2.45) is 7.05 Å². The lowest BCUT2D eigenvalue weighted by Gasteiger charge is -2.14. The Bertz CT molecular complexity index is 614. The summed E-state index contributed by atoms with van der Waals surface area (Å²) in [4.78, 5) is 35.2. The van der Waals surface area contributed by atoms with Gasteiger partial charge in [0.1, 0.15) is 0 Å². The molecule has 0 bridgehead atoms. The molecule has 2 rings (SSSR count). The highest BCUT2D eigenvalue weighted by Gasteiger charge is 2.23. The highest BCUT2D eigenvalue weighted by molar-refractivity contribution is 5.93. The van der Waals surface area contributed by atoms with Gasteiger partial charge in [-0.3, -0.25) is 18.7 Å². The molecule has 0 radical (unpaired) electrons. The van der Waals surface area contributed by atoms with Crippen molar-refractivity contribution in [1.82, 2.24) is 9.13 Å². The van der Waals surface area contributed by atoms with Gasteiger partial charge in [0.15, 0.2) is 5.78 Å². The molecule has 6 heteroatoms. The fourth-order valence-electron chi connectivity index (χ4n) is 2.34. The van der Waals surface area contributed by atoms with Crippen molar-refractivity contribution in [2.45, 2.75) is 45.4 Å². The molecule has 2 heterocycles. The fraction of sp³-hybridized carbons (Fsp3) is 0.615. The number of Topliss-reactive ketones (excluding diaryl/α,β-unsaturated/α-hetero) is 1. The summed E-state index contributed by atoms with van der Waals surface area (Å²) >= 11 is 0. The Kier molecular flexibility index (Phi) is 3.71. The monoisotopic (exact) mass is 266 g/mol. The predicted molar refractivity (Wildman–Crippen MR) is 69.5 cm³/mol. The first-order chi connectivity index (χ1) is 8.90. The maximum atomic E-state index is 12.0. The third-order valence-corrected chi connectivity index (χ3v) is 3.45. The van der Waals surface area contributed by atoms with Crippen LogP contribution in [0.4, 0.5) is 0 Å². The van der Waals surface area contributed by atoms with Crippen LogP contribution in [-0.2, 0) is 18.3 Å². The summed E-state index contributed by atoms with van der Waals surface area (Å²) in [5, 5.41) is 0. The lowest BCUT2D eigenvalue weighted by Crippen LogP contribution is -2.41. The first-order valence-corrected chi connectivity index (χ1v) is 6.37. The van der Waals surface area contributed by atoms with E-state index in [1.807, 2.05) is 6.92 Å². The van der Waals surface area contributed by atoms with Crippen LogP contribution in [0.3, 0.4) is 0 Å². The van der Waals surface area contributed by atoms with Crippen LogP contribution < -0.4 is 11.2 Å². The SMILES string of the molecule is CC(=O)c1cn(CC2CCC(C)O2)c(=O)n(C)c1=O. The molecule has 6 nitrogen and oxygen atoms in total. The molecule has 1 aliphatic heterocycles. The summed E-state index contributed by atoms with van der Waals surface area (Å²) in [5.74, 6) is -0.338. The lowest BCUT2D eigenvalue weighted by molar-refractivity contribution is 0.0446. The van der Waals surface area contributed by atoms with E-state index in [0.29, 0.717) is 6.54 Å². The molecule has 1 aromatic heterocycles. The van der Waals surface area contributed by atoms with Crippen LogP contribution >= 0.6 is 0 Å². The zero-order valence-electron chi connectivity index (χ0n) is 11.4. The third-order valence-electron chi connectivity index (χ3n) is 3.45. The Balaban J connectivity index is 2.38. The van der Waals surface area contributed by atoms with Crippen LogP contribution in [0.1, 0.15) is 37.0 Å². The van der Waals surface area contributed by atoms with Gasteiger partial charge in [-0.2, -0.15) is 0 Å². The summed E-state index contributed by atoms with van der Waals surface area (Å²) < 4.78 is 8.02. The number of ether oxygens (including phenoxy) is 1. The van der Waals surface area contributed by atoms with E-state index in [0.717, 1.165) is 17.4 Å². The average molecular weight is 266 g/mol. The first-order valence-electron chi connectivity index (χ1n) is 6.37. The number of carbonyl (C=O) groups excluding carboxylic acids is 1. The fourth-order valence-corrected chi connectivity index (χ4v) is 2.34. The Labute approximate surface area is 110 Å². The lowest BCUT2D eigenvalue weighted by atomic mass is 10.2. The summed E-state index contributed by atoms with van der Waals surface area (Å²) in [7, 11) is 1.38. The van der Waals surface area contributed by atoms with Gasteiger partial charge in [-0.25, -0.2) is 4.79 Å². The quantitative estimate of drug-likeness (QED) is 0.739. The van der Waals surface area contributed by atoms with E-state index in [2.05, 4.69) is 0 Å². The molecule has 0 aromatic carbocycles. The van der Waals surface area contributed by atoms with Crippen LogP contribution in [-0.4, -0.2) is 27.1 Å². The Morgan fingerprint density at radius 1 is 1.42 bits per heavy atom. The van der Waals surface area contributed by atoms with Gasteiger partial charge in [0, 0.05) is 13.2 Å². The number of hydrogen-bond donors (Lipinski definition) is 0. The second kappa shape index (κ2) is 5.13. The second-order valence-corrected chi connectivity index (χ2v) is 5.04. The summed E-state index contributed by atoms with van der Waals surface area (Å²) in [6.45, 7) is 3.68. The molecule has 0 amide bonds. The van der Waals surface area contributed by atoms with Crippen molar-refractivity contribution < 1.29 is 9.53 Å². The van der Waals surface area contributed by atoms with Crippen LogP contribution in [0.2, 0.25) is 0 Å². The van der Waals surface area contributed by atoms with Gasteiger partial charge in [0.25, 0.3) is 5.56 Å². The molecule has 0 spiro atoms. The van der Waals surface area contributed by atoms with Gasteiger partial charge in [-0.1, -0.05) is 0 Å². The molecule has 104 valence electrons. The molecule has 2 unspecified atom stereocenters. The van der Waals surface area contributed by atoms with E-state index in [-0.39, 0.29) is 23.6 Å². The smallest absolute Gasteiger partial charge is 0.330 e. The van der Waals surface area contributed by atoms with E-state index in [1.165, 1.54) is 24.7 Å². The molecule has 1 fully saturated rings. The zero-order chi connectivity index (χ0) is 14.2. The highest BCUT2D eigenvalue weighted by atomic mass is 16.5. The molecule has 0 aliphatic carbocycles. The van der Waals surface area contributed by atoms with Crippen molar-refractivity contribution >= 4 is 5.78 Å². The number of hydrogen-bond acceptors (Lipinski definition) is 4. The van der Waals surface area contributed by atoms with E-state index in [1.54, 1.807) is 0 Å². The molecular weight excluding hydrogens is 248 g/mol. The normalized spacial score (nSPS) is 22.7. The number of ketones is 1. The molecular formula is C13H18N2O4. The van der Waals surface area contributed by atoms with Crippen molar-refractivity contribution in [3.05, 3.63) is 32.6 Å². The summed E-state index contributed by atoms with van der Waals surface area (Å²) in [5.41, 5.74) is -0.930. The topological polar surface area (TPSA) is 70.3 Å². The predicted octanol–water partition coefficient (Wildman–Crippen LogP) is 0.317. The van der Waals surface area contributed by atoms with Gasteiger partial charge in [0.2, 0.25) is 0 Å². The first kappa shape index (κ1) is 13.7. The summed E-state index contributed by atoms with van der Waals surface area (Å²) in [6, 6.07) is 0. The second-order valence-electron chi connectivity index (χ2n) is 5.04. The zero-order valence-corrected chi connectivity index (χ0v) is 11.4. The van der Waals surface area contributed by atoms with E-state index in [4.69, 9.17) is 4.74 Å². The minimum Gasteiger partial charge on any atom is -0.373 e. The van der Waals surface area contributed by atoms with Crippen molar-refractivity contribution in [3.8, 4) is 0 Å². The van der Waals surface area contributed by atoms with Crippen molar-refractivity contribution in [3.63, 3.8) is 0 Å². The average Bonchev–Trinajstić information content (AvgIpc) is 2.75. The summed E-state index contributed by atoms with van der Waals surface area (Å²) in [6.07, 6.45) is 3.35. The molecule has 1 aliphatic rings. The molecule has 0 saturated carbocycles. The van der Waals surface area contributed by atoms with Crippen molar-refractivity contribution in [2.75, 3.05) is 0 Å². The maximum absolute atomic E-state index is 12.0. The molecule has 0 N–H and O–H groups in total. The van der Waals surface area contributed by atoms with Crippen LogP contribution in [0.15, 0.2) is 15.8 Å².